The summed E-state index contributed by atoms with van der Waals surface area (Å²) in [7, 11) is 1.56. The first-order chi connectivity index (χ1) is 11.6. The number of ether oxygens (including phenoxy) is 1. The van der Waals surface area contributed by atoms with E-state index in [-0.39, 0.29) is 24.3 Å². The Kier molecular flexibility index (Phi) is 4.66. The van der Waals surface area contributed by atoms with Crippen molar-refractivity contribution in [3.8, 4) is 0 Å². The van der Waals surface area contributed by atoms with Gasteiger partial charge in [0.05, 0.1) is 6.54 Å². The first-order valence-electron chi connectivity index (χ1n) is 7.43. The maximum Gasteiger partial charge on any atom is 0.278 e. The smallest absolute Gasteiger partial charge is 0.278 e. The maximum atomic E-state index is 12.1. The zero-order valence-corrected chi connectivity index (χ0v) is 13.5. The number of nitrogens with one attached hydrogen (secondary N) is 1. The highest BCUT2D eigenvalue weighted by Gasteiger charge is 2.12. The Morgan fingerprint density at radius 3 is 2.71 bits per heavy atom. The fraction of sp³-hybridized carbons (Fsp3) is 0.250. The molecular formula is C16H18N6O2. The molecule has 0 bridgehead atoms. The van der Waals surface area contributed by atoms with Gasteiger partial charge in [-0.3, -0.25) is 10.1 Å². The van der Waals surface area contributed by atoms with Crippen LogP contribution < -0.4 is 5.32 Å². The Bertz CT molecular complexity index is 821. The van der Waals surface area contributed by atoms with Crippen LogP contribution in [0.15, 0.2) is 42.9 Å². The number of methoxy groups -OCH3 is 1. The minimum absolute atomic E-state index is 0.244. The van der Waals surface area contributed by atoms with Crippen molar-refractivity contribution >= 4 is 11.9 Å². The third kappa shape index (κ3) is 3.85. The molecule has 0 saturated carbocycles. The van der Waals surface area contributed by atoms with Gasteiger partial charge in [0.2, 0.25) is 5.95 Å². The lowest BCUT2D eigenvalue weighted by molar-refractivity contribution is 0.101. The molecule has 24 heavy (non-hydrogen) atoms. The number of amides is 1. The number of aromatic nitrogens is 5. The van der Waals surface area contributed by atoms with Crippen LogP contribution in [0.5, 0.6) is 0 Å². The number of hydrogen-bond donors (Lipinski definition) is 1. The second kappa shape index (κ2) is 7.05. The van der Waals surface area contributed by atoms with Crippen molar-refractivity contribution in [2.24, 2.45) is 0 Å². The van der Waals surface area contributed by atoms with Crippen LogP contribution >= 0.6 is 0 Å². The van der Waals surface area contributed by atoms with Gasteiger partial charge in [-0.05, 0) is 18.6 Å². The van der Waals surface area contributed by atoms with Crippen LogP contribution in [-0.4, -0.2) is 37.6 Å². The maximum absolute atomic E-state index is 12.1. The molecule has 8 nitrogen and oxygen atoms in total. The van der Waals surface area contributed by atoms with Gasteiger partial charge in [-0.2, -0.15) is 5.10 Å². The fourth-order valence-electron chi connectivity index (χ4n) is 2.16. The third-order valence-electron chi connectivity index (χ3n) is 3.36. The van der Waals surface area contributed by atoms with Crippen LogP contribution in [0.2, 0.25) is 0 Å². The average molecular weight is 326 g/mol. The lowest BCUT2D eigenvalue weighted by Gasteiger charge is -2.01. The number of carbonyl (C=O) groups is 1. The monoisotopic (exact) mass is 326 g/mol. The minimum Gasteiger partial charge on any atom is -0.362 e. The Morgan fingerprint density at radius 1 is 1.17 bits per heavy atom. The summed E-state index contributed by atoms with van der Waals surface area (Å²) in [5.74, 6) is -0.119. The normalized spacial score (nSPS) is 10.8. The SMILES string of the molecule is COCn1ccc(C(=O)Nc2ncn(Cc3ccc(C)cc3)n2)n1. The molecule has 0 aliphatic carbocycles. The van der Waals surface area contributed by atoms with Crippen LogP contribution in [0.1, 0.15) is 21.6 Å². The van der Waals surface area contributed by atoms with E-state index in [1.807, 2.05) is 31.2 Å². The highest BCUT2D eigenvalue weighted by Crippen LogP contribution is 2.07. The zero-order valence-electron chi connectivity index (χ0n) is 13.5. The Labute approximate surface area is 139 Å². The summed E-state index contributed by atoms with van der Waals surface area (Å²) in [4.78, 5) is 16.2. The predicted octanol–water partition coefficient (Wildman–Crippen LogP) is 1.69. The van der Waals surface area contributed by atoms with Gasteiger partial charge in [-0.25, -0.2) is 14.3 Å². The second-order valence-corrected chi connectivity index (χ2v) is 5.36. The number of rotatable bonds is 6. The van der Waals surface area contributed by atoms with Crippen LogP contribution in [0.3, 0.4) is 0 Å². The van der Waals surface area contributed by atoms with Crippen LogP contribution in [0, 0.1) is 6.92 Å². The molecular weight excluding hydrogens is 308 g/mol. The van der Waals surface area contributed by atoms with E-state index in [9.17, 15) is 4.79 Å². The predicted molar refractivity (Wildman–Crippen MR) is 87.5 cm³/mol. The van der Waals surface area contributed by atoms with Gasteiger partial charge < -0.3 is 4.74 Å². The molecule has 0 aliphatic rings. The highest BCUT2D eigenvalue weighted by atomic mass is 16.5. The summed E-state index contributed by atoms with van der Waals surface area (Å²) in [5.41, 5.74) is 2.60. The van der Waals surface area contributed by atoms with Gasteiger partial charge in [0.25, 0.3) is 5.91 Å². The van der Waals surface area contributed by atoms with Crippen molar-refractivity contribution in [2.75, 3.05) is 12.4 Å². The second-order valence-electron chi connectivity index (χ2n) is 5.36. The third-order valence-corrected chi connectivity index (χ3v) is 3.36. The van der Waals surface area contributed by atoms with Crippen LogP contribution in [0.25, 0.3) is 0 Å². The Morgan fingerprint density at radius 2 is 1.96 bits per heavy atom. The zero-order chi connectivity index (χ0) is 16.9. The lowest BCUT2D eigenvalue weighted by atomic mass is 10.1. The van der Waals surface area contributed by atoms with Crippen molar-refractivity contribution in [3.63, 3.8) is 0 Å². The van der Waals surface area contributed by atoms with Gasteiger partial charge in [-0.1, -0.05) is 29.8 Å². The van der Waals surface area contributed by atoms with Crippen molar-refractivity contribution in [3.05, 3.63) is 59.7 Å². The molecule has 0 radical (unpaired) electrons. The van der Waals surface area contributed by atoms with Crippen molar-refractivity contribution in [2.45, 2.75) is 20.2 Å². The summed E-state index contributed by atoms with van der Waals surface area (Å²) < 4.78 is 8.14. The van der Waals surface area contributed by atoms with Crippen molar-refractivity contribution in [1.82, 2.24) is 24.5 Å². The Balaban J connectivity index is 1.62. The summed E-state index contributed by atoms with van der Waals surface area (Å²) in [6.07, 6.45) is 3.25. The van der Waals surface area contributed by atoms with E-state index in [1.54, 1.807) is 30.4 Å². The molecule has 1 N–H and O–H groups in total. The molecule has 0 saturated heterocycles. The van der Waals surface area contributed by atoms with E-state index in [0.717, 1.165) is 5.56 Å². The van der Waals surface area contributed by atoms with Gasteiger partial charge in [0.1, 0.15) is 13.1 Å². The molecule has 1 aromatic carbocycles. The van der Waals surface area contributed by atoms with Crippen LogP contribution in [-0.2, 0) is 18.0 Å². The van der Waals surface area contributed by atoms with Gasteiger partial charge in [-0.15, -0.1) is 5.10 Å². The van der Waals surface area contributed by atoms with Gasteiger partial charge >= 0.3 is 0 Å². The standard InChI is InChI=1S/C16H18N6O2/c1-12-3-5-13(6-4-12)9-22-10-17-16(20-22)18-15(23)14-7-8-21(19-14)11-24-2/h3-8,10H,9,11H2,1-2H3,(H,18,20,23). The van der Waals surface area contributed by atoms with E-state index in [1.165, 1.54) is 10.2 Å². The number of aryl methyl sites for hydroxylation is 1. The largest absolute Gasteiger partial charge is 0.362 e. The molecule has 2 aromatic heterocycles. The number of benzene rings is 1. The van der Waals surface area contributed by atoms with Gasteiger partial charge in [0, 0.05) is 13.3 Å². The number of anilines is 1. The molecule has 0 unspecified atom stereocenters. The molecule has 0 aliphatic heterocycles. The van der Waals surface area contributed by atoms with Crippen molar-refractivity contribution in [1.29, 1.82) is 0 Å². The number of carbonyl (C=O) groups excluding carboxylic acids is 1. The quantitative estimate of drug-likeness (QED) is 0.745. The molecule has 1 amide bonds. The summed E-state index contributed by atoms with van der Waals surface area (Å²) in [5, 5.41) is 11.0. The summed E-state index contributed by atoms with van der Waals surface area (Å²) in [6, 6.07) is 9.78. The first kappa shape index (κ1) is 15.9. The van der Waals surface area contributed by atoms with E-state index in [0.29, 0.717) is 6.54 Å². The van der Waals surface area contributed by atoms with E-state index < -0.39 is 0 Å². The molecule has 0 atom stereocenters. The van der Waals surface area contributed by atoms with Crippen LogP contribution in [0.4, 0.5) is 5.95 Å². The molecule has 3 aromatic rings. The van der Waals surface area contributed by atoms with Crippen molar-refractivity contribution < 1.29 is 9.53 Å². The highest BCUT2D eigenvalue weighted by molar-refractivity contribution is 6.01. The average Bonchev–Trinajstić information content (AvgIpc) is 3.20. The van der Waals surface area contributed by atoms with E-state index >= 15 is 0 Å². The first-order valence-corrected chi connectivity index (χ1v) is 7.43. The lowest BCUT2D eigenvalue weighted by Crippen LogP contribution is -2.15. The summed E-state index contributed by atoms with van der Waals surface area (Å²) >= 11 is 0. The number of hydrogen-bond acceptors (Lipinski definition) is 5. The fourth-order valence-corrected chi connectivity index (χ4v) is 2.16. The van der Waals surface area contributed by atoms with E-state index in [4.69, 9.17) is 4.74 Å². The molecule has 0 spiro atoms. The van der Waals surface area contributed by atoms with E-state index in [2.05, 4.69) is 20.5 Å². The molecule has 0 fully saturated rings. The Hall–Kier alpha value is -3.00. The minimum atomic E-state index is -0.363. The summed E-state index contributed by atoms with van der Waals surface area (Å²) in [6.45, 7) is 2.92. The molecule has 2 heterocycles. The molecule has 124 valence electrons. The topological polar surface area (TPSA) is 86.9 Å². The molecule has 3 rings (SSSR count). The number of nitrogens with zero attached hydrogens (tertiary/aromatic N) is 5. The molecule has 8 heteroatoms. The van der Waals surface area contributed by atoms with Gasteiger partial charge in [0.15, 0.2) is 5.69 Å².